The van der Waals surface area contributed by atoms with Crippen molar-refractivity contribution in [1.82, 2.24) is 10.3 Å². The van der Waals surface area contributed by atoms with E-state index in [9.17, 15) is 4.79 Å². The summed E-state index contributed by atoms with van der Waals surface area (Å²) in [6.07, 6.45) is 13.7. The number of carbonyl (C=O) groups excluding carboxylic acids is 1. The number of hydrogen-bond donors (Lipinski definition) is 2. The van der Waals surface area contributed by atoms with Gasteiger partial charge in [0.1, 0.15) is 0 Å². The molecule has 0 aromatic carbocycles. The predicted octanol–water partition coefficient (Wildman–Crippen LogP) is 2.92. The standard InChI is InChI=1S/C17H26N4O/c1-14(22)21-17-12-18-11-9-15(17)6-5-10-19-13-20-16-7-3-2-4-8-16/h9,11-13,16H,2-8,10H2,1H3,(H,19,20)(H,21,22). The summed E-state index contributed by atoms with van der Waals surface area (Å²) in [5.74, 6) is -0.0658. The fourth-order valence-corrected chi connectivity index (χ4v) is 2.80. The van der Waals surface area contributed by atoms with E-state index in [1.807, 2.05) is 12.4 Å². The van der Waals surface area contributed by atoms with Gasteiger partial charge in [0, 0.05) is 25.7 Å². The smallest absolute Gasteiger partial charge is 0.221 e. The average Bonchev–Trinajstić information content (AvgIpc) is 2.52. The van der Waals surface area contributed by atoms with Gasteiger partial charge in [0.2, 0.25) is 5.91 Å². The van der Waals surface area contributed by atoms with Gasteiger partial charge in [-0.05, 0) is 37.3 Å². The molecular formula is C17H26N4O. The number of rotatable bonds is 7. The highest BCUT2D eigenvalue weighted by Gasteiger charge is 2.10. The zero-order valence-corrected chi connectivity index (χ0v) is 13.3. The molecule has 0 radical (unpaired) electrons. The Balaban J connectivity index is 1.68. The van der Waals surface area contributed by atoms with E-state index in [1.165, 1.54) is 39.0 Å². The van der Waals surface area contributed by atoms with Crippen molar-refractivity contribution >= 4 is 17.9 Å². The zero-order chi connectivity index (χ0) is 15.6. The van der Waals surface area contributed by atoms with E-state index < -0.39 is 0 Å². The van der Waals surface area contributed by atoms with Crippen LogP contribution in [0.25, 0.3) is 0 Å². The van der Waals surface area contributed by atoms with Crippen LogP contribution in [0.4, 0.5) is 5.69 Å². The first-order valence-corrected chi connectivity index (χ1v) is 8.20. The third-order valence-electron chi connectivity index (χ3n) is 3.96. The molecule has 0 aliphatic heterocycles. The minimum Gasteiger partial charge on any atom is -0.374 e. The summed E-state index contributed by atoms with van der Waals surface area (Å²) in [6, 6.07) is 2.57. The molecule has 120 valence electrons. The lowest BCUT2D eigenvalue weighted by Gasteiger charge is -2.21. The number of nitrogens with zero attached hydrogens (tertiary/aromatic N) is 2. The molecule has 1 amide bonds. The maximum Gasteiger partial charge on any atom is 0.221 e. The first-order chi connectivity index (χ1) is 10.8. The fourth-order valence-electron chi connectivity index (χ4n) is 2.80. The number of anilines is 1. The second-order valence-corrected chi connectivity index (χ2v) is 5.85. The van der Waals surface area contributed by atoms with Crippen molar-refractivity contribution in [2.24, 2.45) is 4.99 Å². The molecule has 22 heavy (non-hydrogen) atoms. The topological polar surface area (TPSA) is 66.4 Å². The summed E-state index contributed by atoms with van der Waals surface area (Å²) < 4.78 is 0. The molecule has 1 fully saturated rings. The molecule has 2 rings (SSSR count). The second kappa shape index (κ2) is 9.18. The average molecular weight is 302 g/mol. The summed E-state index contributed by atoms with van der Waals surface area (Å²) >= 11 is 0. The van der Waals surface area contributed by atoms with Gasteiger partial charge in [-0.25, -0.2) is 0 Å². The first kappa shape index (κ1) is 16.5. The molecule has 2 N–H and O–H groups in total. The van der Waals surface area contributed by atoms with Crippen LogP contribution < -0.4 is 10.6 Å². The Morgan fingerprint density at radius 2 is 2.23 bits per heavy atom. The minimum absolute atomic E-state index is 0.0658. The molecule has 1 aromatic heterocycles. The van der Waals surface area contributed by atoms with Crippen molar-refractivity contribution in [3.8, 4) is 0 Å². The number of amides is 1. The summed E-state index contributed by atoms with van der Waals surface area (Å²) in [5, 5.41) is 6.22. The lowest BCUT2D eigenvalue weighted by atomic mass is 9.96. The number of aryl methyl sites for hydroxylation is 1. The molecule has 1 aliphatic rings. The molecule has 5 heteroatoms. The quantitative estimate of drug-likeness (QED) is 0.462. The van der Waals surface area contributed by atoms with Gasteiger partial charge in [-0.1, -0.05) is 19.3 Å². The van der Waals surface area contributed by atoms with Crippen LogP contribution in [0.15, 0.2) is 23.5 Å². The monoisotopic (exact) mass is 302 g/mol. The summed E-state index contributed by atoms with van der Waals surface area (Å²) in [5.41, 5.74) is 1.92. The molecule has 1 heterocycles. The zero-order valence-electron chi connectivity index (χ0n) is 13.3. The summed E-state index contributed by atoms with van der Waals surface area (Å²) in [6.45, 7) is 2.31. The number of aromatic nitrogens is 1. The largest absolute Gasteiger partial charge is 0.374 e. The van der Waals surface area contributed by atoms with Crippen LogP contribution in [0.1, 0.15) is 51.0 Å². The van der Waals surface area contributed by atoms with E-state index in [1.54, 1.807) is 12.4 Å². The first-order valence-electron chi connectivity index (χ1n) is 8.20. The molecular weight excluding hydrogens is 276 g/mol. The van der Waals surface area contributed by atoms with Gasteiger partial charge in [0.15, 0.2) is 0 Å². The third-order valence-corrected chi connectivity index (χ3v) is 3.96. The lowest BCUT2D eigenvalue weighted by molar-refractivity contribution is -0.114. The van der Waals surface area contributed by atoms with E-state index >= 15 is 0 Å². The molecule has 5 nitrogen and oxygen atoms in total. The molecule has 0 atom stereocenters. The van der Waals surface area contributed by atoms with Crippen molar-refractivity contribution in [3.05, 3.63) is 24.0 Å². The summed E-state index contributed by atoms with van der Waals surface area (Å²) in [4.78, 5) is 19.6. The van der Waals surface area contributed by atoms with Crippen LogP contribution in [0.3, 0.4) is 0 Å². The molecule has 0 bridgehead atoms. The highest BCUT2D eigenvalue weighted by Crippen LogP contribution is 2.17. The van der Waals surface area contributed by atoms with Crippen LogP contribution in [0.2, 0.25) is 0 Å². The van der Waals surface area contributed by atoms with Gasteiger partial charge >= 0.3 is 0 Å². The molecule has 1 saturated carbocycles. The van der Waals surface area contributed by atoms with Crippen molar-refractivity contribution in [2.75, 3.05) is 11.9 Å². The maximum atomic E-state index is 11.2. The van der Waals surface area contributed by atoms with E-state index in [0.717, 1.165) is 30.6 Å². The van der Waals surface area contributed by atoms with Crippen LogP contribution in [0, 0.1) is 0 Å². The Morgan fingerprint density at radius 1 is 1.41 bits per heavy atom. The van der Waals surface area contributed by atoms with Crippen molar-refractivity contribution in [1.29, 1.82) is 0 Å². The molecule has 0 saturated heterocycles. The van der Waals surface area contributed by atoms with Crippen molar-refractivity contribution < 1.29 is 4.79 Å². The molecule has 1 aliphatic carbocycles. The SMILES string of the molecule is CC(=O)Nc1cnccc1CCCN=CNC1CCCCC1. The summed E-state index contributed by atoms with van der Waals surface area (Å²) in [7, 11) is 0. The van der Waals surface area contributed by atoms with Gasteiger partial charge in [-0.3, -0.25) is 14.8 Å². The van der Waals surface area contributed by atoms with E-state index in [0.29, 0.717) is 6.04 Å². The number of hydrogen-bond acceptors (Lipinski definition) is 3. The normalized spacial score (nSPS) is 15.9. The third kappa shape index (κ3) is 5.84. The van der Waals surface area contributed by atoms with Gasteiger partial charge < -0.3 is 10.6 Å². The fraction of sp³-hybridized carbons (Fsp3) is 0.588. The minimum atomic E-state index is -0.0658. The van der Waals surface area contributed by atoms with Crippen LogP contribution in [0.5, 0.6) is 0 Å². The molecule has 0 unspecified atom stereocenters. The molecule has 1 aromatic rings. The Hall–Kier alpha value is -1.91. The Morgan fingerprint density at radius 3 is 3.00 bits per heavy atom. The number of aliphatic imine (C=N–C) groups is 1. The van der Waals surface area contributed by atoms with Gasteiger partial charge in [-0.15, -0.1) is 0 Å². The van der Waals surface area contributed by atoms with Gasteiger partial charge in [0.05, 0.1) is 18.2 Å². The second-order valence-electron chi connectivity index (χ2n) is 5.85. The van der Waals surface area contributed by atoms with Crippen LogP contribution >= 0.6 is 0 Å². The number of pyridine rings is 1. The highest BCUT2D eigenvalue weighted by atomic mass is 16.1. The van der Waals surface area contributed by atoms with Crippen molar-refractivity contribution in [3.63, 3.8) is 0 Å². The Bertz CT molecular complexity index is 495. The number of carbonyl (C=O) groups is 1. The van der Waals surface area contributed by atoms with Gasteiger partial charge in [-0.2, -0.15) is 0 Å². The predicted molar refractivity (Wildman–Crippen MR) is 90.2 cm³/mol. The number of nitrogens with one attached hydrogen (secondary N) is 2. The van der Waals surface area contributed by atoms with E-state index in [4.69, 9.17) is 0 Å². The Kier molecular flexibility index (Phi) is 6.87. The van der Waals surface area contributed by atoms with Crippen LogP contribution in [-0.4, -0.2) is 29.8 Å². The van der Waals surface area contributed by atoms with Gasteiger partial charge in [0.25, 0.3) is 0 Å². The Labute approximate surface area is 132 Å². The van der Waals surface area contributed by atoms with E-state index in [-0.39, 0.29) is 5.91 Å². The van der Waals surface area contributed by atoms with E-state index in [2.05, 4.69) is 20.6 Å². The molecule has 0 spiro atoms. The highest BCUT2D eigenvalue weighted by molar-refractivity contribution is 5.89. The van der Waals surface area contributed by atoms with Crippen molar-refractivity contribution in [2.45, 2.75) is 57.9 Å². The van der Waals surface area contributed by atoms with Crippen LogP contribution in [-0.2, 0) is 11.2 Å². The lowest BCUT2D eigenvalue weighted by Crippen LogP contribution is -2.29. The maximum absolute atomic E-state index is 11.2.